The Morgan fingerprint density at radius 2 is 1.75 bits per heavy atom. The molecule has 2 fully saturated rings. The lowest BCUT2D eigenvalue weighted by Crippen LogP contribution is -2.44. The summed E-state index contributed by atoms with van der Waals surface area (Å²) in [5.74, 6) is -0.688. The van der Waals surface area contributed by atoms with E-state index in [2.05, 4.69) is 55.1 Å². The SMILES string of the molecule is Cc1nc(C(=O)N[C@H]2CC[C@H](NC(=O)c3cc(F)cnc3Oc3cccc(-c4ccc(CCCN5CCCNCC5)cc4)c3)CC2)cs1. The maximum Gasteiger partial charge on any atom is 0.270 e. The monoisotopic (exact) mass is 670 g/mol. The molecule has 0 bridgehead atoms. The Balaban J connectivity index is 1.03. The van der Waals surface area contributed by atoms with Gasteiger partial charge in [0.05, 0.1) is 11.2 Å². The predicted molar refractivity (Wildman–Crippen MR) is 186 cm³/mol. The standard InChI is InChI=1S/C37H43FN6O3S/c1-25-41-34(24-48-25)36(46)43-31-14-12-30(13-15-31)42-35(45)33-22-29(38)23-40-37(33)47-32-7-2-6-28(21-32)27-10-8-26(9-11-27)5-3-18-44-19-4-16-39-17-20-44/h2,6-11,21-24,30-31,39H,3-5,12-20H2,1H3,(H,42,45)(H,43,46)/t30-,31-. The Morgan fingerprint density at radius 1 is 0.979 bits per heavy atom. The van der Waals surface area contributed by atoms with Crippen LogP contribution in [0.5, 0.6) is 11.6 Å². The van der Waals surface area contributed by atoms with Gasteiger partial charge in [-0.3, -0.25) is 9.59 Å². The smallest absolute Gasteiger partial charge is 0.270 e. The molecule has 3 heterocycles. The van der Waals surface area contributed by atoms with E-state index in [1.54, 1.807) is 11.4 Å². The van der Waals surface area contributed by atoms with Crippen molar-refractivity contribution in [1.82, 2.24) is 30.8 Å². The van der Waals surface area contributed by atoms with Crippen LogP contribution in [-0.2, 0) is 6.42 Å². The third-order valence-electron chi connectivity index (χ3n) is 9.02. The molecule has 2 amide bonds. The second-order valence-electron chi connectivity index (χ2n) is 12.6. The van der Waals surface area contributed by atoms with Crippen LogP contribution in [0.25, 0.3) is 11.1 Å². The first kappa shape index (κ1) is 33.7. The lowest BCUT2D eigenvalue weighted by atomic mass is 9.91. The van der Waals surface area contributed by atoms with E-state index in [0.29, 0.717) is 24.3 Å². The maximum absolute atomic E-state index is 14.3. The van der Waals surface area contributed by atoms with Crippen LogP contribution in [-0.4, -0.2) is 71.5 Å². The van der Waals surface area contributed by atoms with Crippen LogP contribution in [0.1, 0.15) is 69.9 Å². The molecular weight excluding hydrogens is 628 g/mol. The fourth-order valence-corrected chi connectivity index (χ4v) is 6.98. The van der Waals surface area contributed by atoms with E-state index >= 15 is 0 Å². The van der Waals surface area contributed by atoms with Gasteiger partial charge in [-0.15, -0.1) is 11.3 Å². The van der Waals surface area contributed by atoms with Crippen molar-refractivity contribution in [2.24, 2.45) is 0 Å². The van der Waals surface area contributed by atoms with Crippen LogP contribution in [0.15, 0.2) is 66.2 Å². The van der Waals surface area contributed by atoms with Gasteiger partial charge in [-0.05, 0) is 106 Å². The number of nitrogens with zero attached hydrogens (tertiary/aromatic N) is 3. The second-order valence-corrected chi connectivity index (χ2v) is 13.7. The molecule has 6 rings (SSSR count). The van der Waals surface area contributed by atoms with Crippen molar-refractivity contribution in [2.75, 3.05) is 32.7 Å². The van der Waals surface area contributed by atoms with Crippen molar-refractivity contribution in [2.45, 2.75) is 64.0 Å². The van der Waals surface area contributed by atoms with Gasteiger partial charge in [-0.25, -0.2) is 14.4 Å². The molecule has 3 N–H and O–H groups in total. The third kappa shape index (κ3) is 9.24. The minimum absolute atomic E-state index is 0.0120. The zero-order valence-corrected chi connectivity index (χ0v) is 28.2. The average molecular weight is 671 g/mol. The fourth-order valence-electron chi connectivity index (χ4n) is 6.39. The Kier molecular flexibility index (Phi) is 11.4. The van der Waals surface area contributed by atoms with Crippen LogP contribution >= 0.6 is 11.3 Å². The number of halogens is 1. The van der Waals surface area contributed by atoms with Crippen molar-refractivity contribution in [3.8, 4) is 22.8 Å². The van der Waals surface area contributed by atoms with E-state index in [1.807, 2.05) is 25.1 Å². The number of hydrogen-bond donors (Lipinski definition) is 3. The van der Waals surface area contributed by atoms with Crippen LogP contribution in [0, 0.1) is 12.7 Å². The first-order chi connectivity index (χ1) is 23.4. The van der Waals surface area contributed by atoms with Gasteiger partial charge in [0, 0.05) is 30.6 Å². The second kappa shape index (κ2) is 16.3. The van der Waals surface area contributed by atoms with Gasteiger partial charge < -0.3 is 25.6 Å². The number of thiazole rings is 1. The molecule has 0 radical (unpaired) electrons. The third-order valence-corrected chi connectivity index (χ3v) is 9.79. The number of benzene rings is 2. The van der Waals surface area contributed by atoms with Gasteiger partial charge >= 0.3 is 0 Å². The molecule has 11 heteroatoms. The molecule has 1 aliphatic heterocycles. The summed E-state index contributed by atoms with van der Waals surface area (Å²) in [7, 11) is 0. The summed E-state index contributed by atoms with van der Waals surface area (Å²) in [5.41, 5.74) is 3.81. The molecule has 48 heavy (non-hydrogen) atoms. The number of aryl methyl sites for hydroxylation is 2. The minimum atomic E-state index is -0.617. The Bertz CT molecular complexity index is 1680. The van der Waals surface area contributed by atoms with E-state index in [-0.39, 0.29) is 29.4 Å². The predicted octanol–water partition coefficient (Wildman–Crippen LogP) is 6.14. The topological polar surface area (TPSA) is 108 Å². The number of amides is 2. The molecule has 2 aliphatic rings. The number of carbonyl (C=O) groups excluding carboxylic acids is 2. The number of pyridine rings is 1. The van der Waals surface area contributed by atoms with Gasteiger partial charge in [0.1, 0.15) is 22.8 Å². The van der Waals surface area contributed by atoms with E-state index in [4.69, 9.17) is 4.74 Å². The largest absolute Gasteiger partial charge is 0.438 e. The van der Waals surface area contributed by atoms with Crippen molar-refractivity contribution >= 4 is 23.2 Å². The van der Waals surface area contributed by atoms with Gasteiger partial charge in [0.25, 0.3) is 11.8 Å². The number of nitrogens with one attached hydrogen (secondary N) is 3. The molecule has 9 nitrogen and oxygen atoms in total. The molecule has 2 aromatic carbocycles. The van der Waals surface area contributed by atoms with Gasteiger partial charge in [-0.2, -0.15) is 0 Å². The van der Waals surface area contributed by atoms with Crippen LogP contribution in [0.4, 0.5) is 4.39 Å². The summed E-state index contributed by atoms with van der Waals surface area (Å²) in [6.07, 6.45) is 7.24. The molecule has 252 valence electrons. The summed E-state index contributed by atoms with van der Waals surface area (Å²) in [6, 6.07) is 17.3. The highest BCUT2D eigenvalue weighted by Crippen LogP contribution is 2.29. The van der Waals surface area contributed by atoms with Gasteiger partial charge in [0.2, 0.25) is 5.88 Å². The van der Waals surface area contributed by atoms with E-state index in [1.165, 1.54) is 29.9 Å². The highest BCUT2D eigenvalue weighted by atomic mass is 32.1. The summed E-state index contributed by atoms with van der Waals surface area (Å²) in [4.78, 5) is 36.8. The maximum atomic E-state index is 14.3. The number of hydrogen-bond acceptors (Lipinski definition) is 8. The molecule has 0 spiro atoms. The Labute approximate surface area is 285 Å². The zero-order valence-electron chi connectivity index (χ0n) is 27.3. The molecular formula is C37H43FN6O3S. The lowest BCUT2D eigenvalue weighted by molar-refractivity contribution is 0.0888. The molecule has 1 saturated carbocycles. The van der Waals surface area contributed by atoms with Crippen LogP contribution in [0.2, 0.25) is 0 Å². The Hall–Kier alpha value is -4.19. The Morgan fingerprint density at radius 3 is 2.50 bits per heavy atom. The molecule has 0 atom stereocenters. The molecule has 0 unspecified atom stereocenters. The van der Waals surface area contributed by atoms with Crippen molar-refractivity contribution < 1.29 is 18.7 Å². The van der Waals surface area contributed by atoms with Crippen LogP contribution < -0.4 is 20.7 Å². The van der Waals surface area contributed by atoms with Gasteiger partial charge in [0.15, 0.2) is 0 Å². The van der Waals surface area contributed by atoms with E-state index in [9.17, 15) is 14.0 Å². The van der Waals surface area contributed by atoms with Crippen molar-refractivity contribution in [3.63, 3.8) is 0 Å². The van der Waals surface area contributed by atoms with Gasteiger partial charge in [-0.1, -0.05) is 36.4 Å². The summed E-state index contributed by atoms with van der Waals surface area (Å²) < 4.78 is 20.4. The first-order valence-corrected chi connectivity index (χ1v) is 17.8. The highest BCUT2D eigenvalue weighted by molar-refractivity contribution is 7.09. The summed E-state index contributed by atoms with van der Waals surface area (Å²) >= 11 is 1.44. The molecule has 2 aromatic heterocycles. The summed E-state index contributed by atoms with van der Waals surface area (Å²) in [5, 5.41) is 12.1. The lowest BCUT2D eigenvalue weighted by Gasteiger charge is -2.29. The molecule has 1 saturated heterocycles. The number of ether oxygens (including phenoxy) is 1. The fraction of sp³-hybridized carbons (Fsp3) is 0.405. The van der Waals surface area contributed by atoms with E-state index < -0.39 is 11.7 Å². The molecule has 1 aliphatic carbocycles. The summed E-state index contributed by atoms with van der Waals surface area (Å²) in [6.45, 7) is 7.46. The number of rotatable bonds is 11. The normalized spacial score (nSPS) is 18.5. The van der Waals surface area contributed by atoms with E-state index in [0.717, 1.165) is 80.3 Å². The minimum Gasteiger partial charge on any atom is -0.438 e. The van der Waals surface area contributed by atoms with Crippen molar-refractivity contribution in [3.05, 3.63) is 93.8 Å². The number of aromatic nitrogens is 2. The molecule has 4 aromatic rings. The quantitative estimate of drug-likeness (QED) is 0.176. The highest BCUT2D eigenvalue weighted by Gasteiger charge is 2.26. The van der Waals surface area contributed by atoms with Crippen molar-refractivity contribution in [1.29, 1.82) is 0 Å². The van der Waals surface area contributed by atoms with Crippen LogP contribution in [0.3, 0.4) is 0 Å². The average Bonchev–Trinajstić information content (AvgIpc) is 3.37. The number of carbonyl (C=O) groups is 2. The first-order valence-electron chi connectivity index (χ1n) is 16.9. The zero-order chi connectivity index (χ0) is 33.3.